The summed E-state index contributed by atoms with van der Waals surface area (Å²) in [5, 5.41) is 0. The van der Waals surface area contributed by atoms with Gasteiger partial charge in [0.1, 0.15) is 0 Å². The smallest absolute Gasteiger partial charge is 0.160 e. The molecule has 0 nitrogen and oxygen atoms in total. The third-order valence-corrected chi connectivity index (χ3v) is 9.00. The number of alkyl halides is 3. The van der Waals surface area contributed by atoms with Crippen LogP contribution in [0.15, 0.2) is 28.0 Å². The highest BCUT2D eigenvalue weighted by molar-refractivity contribution is 9.59. The van der Waals surface area contributed by atoms with E-state index >= 15 is 0 Å². The van der Waals surface area contributed by atoms with Crippen LogP contribution in [0.4, 0.5) is 13.2 Å². The topological polar surface area (TPSA) is 0 Å². The Bertz CT molecular complexity index is 507. The zero-order chi connectivity index (χ0) is 13.6. The monoisotopic (exact) mass is 338 g/mol. The molecular formula is C13H14BrF3S. The first-order valence-corrected chi connectivity index (χ1v) is 9.19. The van der Waals surface area contributed by atoms with Gasteiger partial charge in [-0.15, -0.1) is 0 Å². The van der Waals surface area contributed by atoms with Gasteiger partial charge in [-0.25, -0.2) is 0 Å². The Morgan fingerprint density at radius 1 is 1.28 bits per heavy atom. The van der Waals surface area contributed by atoms with Crippen molar-refractivity contribution in [2.75, 3.05) is 0 Å². The molecule has 0 fully saturated rings. The van der Waals surface area contributed by atoms with Crippen LogP contribution in [0, 0.1) is 6.92 Å². The molecule has 0 saturated heterocycles. The molecule has 1 aliphatic rings. The van der Waals surface area contributed by atoms with Gasteiger partial charge in [0.05, 0.1) is 0 Å². The van der Waals surface area contributed by atoms with Crippen molar-refractivity contribution in [3.63, 3.8) is 0 Å². The molecule has 18 heavy (non-hydrogen) atoms. The fourth-order valence-electron chi connectivity index (χ4n) is 2.13. The van der Waals surface area contributed by atoms with Crippen LogP contribution < -0.4 is 0 Å². The van der Waals surface area contributed by atoms with Crippen molar-refractivity contribution >= 4 is 29.4 Å². The van der Waals surface area contributed by atoms with Crippen LogP contribution in [0.3, 0.4) is 0 Å². The molecule has 1 heterocycles. The standard InChI is InChI=1S/C13H14BrF3S/c1-3-4-11-8-10-6-5-9(2)7-12(10)18(11,14)13(15,16)17/h5-8H,3-4H2,1-2H3. The van der Waals surface area contributed by atoms with E-state index in [1.54, 1.807) is 18.2 Å². The molecular weight excluding hydrogens is 325 g/mol. The second-order valence-corrected chi connectivity index (χ2v) is 9.80. The highest BCUT2D eigenvalue weighted by Gasteiger charge is 2.54. The van der Waals surface area contributed by atoms with Gasteiger partial charge in [-0.2, -0.15) is 13.2 Å². The zero-order valence-electron chi connectivity index (χ0n) is 10.1. The van der Waals surface area contributed by atoms with Crippen molar-refractivity contribution in [2.45, 2.75) is 37.1 Å². The van der Waals surface area contributed by atoms with Gasteiger partial charge >= 0.3 is 5.51 Å². The van der Waals surface area contributed by atoms with Gasteiger partial charge in [-0.1, -0.05) is 25.5 Å². The van der Waals surface area contributed by atoms with Gasteiger partial charge in [-0.05, 0) is 64.8 Å². The average molecular weight is 339 g/mol. The molecule has 5 heteroatoms. The maximum absolute atomic E-state index is 13.5. The quantitative estimate of drug-likeness (QED) is 0.607. The summed E-state index contributed by atoms with van der Waals surface area (Å²) in [6.07, 6.45) is 2.90. The van der Waals surface area contributed by atoms with Crippen molar-refractivity contribution in [1.29, 1.82) is 0 Å². The minimum atomic E-state index is -4.24. The van der Waals surface area contributed by atoms with Crippen LogP contribution in [0.5, 0.6) is 0 Å². The number of aryl methyl sites for hydroxylation is 1. The molecule has 0 N–H and O–H groups in total. The normalized spacial score (nSPS) is 26.4. The lowest BCUT2D eigenvalue weighted by Gasteiger charge is -2.35. The predicted octanol–water partition coefficient (Wildman–Crippen LogP) is 6.14. The van der Waals surface area contributed by atoms with Crippen LogP contribution in [-0.4, -0.2) is 5.51 Å². The Kier molecular flexibility index (Phi) is 3.58. The first-order chi connectivity index (χ1) is 8.30. The number of hydrogen-bond donors (Lipinski definition) is 0. The van der Waals surface area contributed by atoms with Crippen molar-refractivity contribution in [2.24, 2.45) is 0 Å². The predicted molar refractivity (Wildman–Crippen MR) is 74.9 cm³/mol. The largest absolute Gasteiger partial charge is 0.442 e. The Morgan fingerprint density at radius 3 is 2.50 bits per heavy atom. The molecule has 0 aromatic heterocycles. The van der Waals surface area contributed by atoms with E-state index < -0.39 is 14.0 Å². The summed E-state index contributed by atoms with van der Waals surface area (Å²) in [5.41, 5.74) is -2.68. The lowest BCUT2D eigenvalue weighted by atomic mass is 10.1. The van der Waals surface area contributed by atoms with Gasteiger partial charge < -0.3 is 0 Å². The molecule has 0 aliphatic carbocycles. The summed E-state index contributed by atoms with van der Waals surface area (Å²) >= 11 is 3.06. The summed E-state index contributed by atoms with van der Waals surface area (Å²) in [7, 11) is -3.03. The van der Waals surface area contributed by atoms with Gasteiger partial charge in [0.2, 0.25) is 0 Å². The molecule has 2 rings (SSSR count). The van der Waals surface area contributed by atoms with E-state index in [2.05, 4.69) is 14.8 Å². The van der Waals surface area contributed by atoms with Crippen LogP contribution in [0.1, 0.15) is 30.9 Å². The first kappa shape index (κ1) is 14.0. The molecule has 1 aromatic carbocycles. The van der Waals surface area contributed by atoms with E-state index in [0.29, 0.717) is 21.8 Å². The van der Waals surface area contributed by atoms with E-state index in [0.717, 1.165) is 12.0 Å². The van der Waals surface area contributed by atoms with E-state index in [-0.39, 0.29) is 0 Å². The average Bonchev–Trinajstić information content (AvgIpc) is 2.54. The number of hydrogen-bond acceptors (Lipinski definition) is 0. The van der Waals surface area contributed by atoms with E-state index in [1.165, 1.54) is 0 Å². The van der Waals surface area contributed by atoms with E-state index in [4.69, 9.17) is 0 Å². The van der Waals surface area contributed by atoms with Crippen LogP contribution in [-0.2, 0) is 0 Å². The molecule has 1 aliphatic heterocycles. The number of fused-ring (bicyclic) bond motifs is 1. The third-order valence-electron chi connectivity index (χ3n) is 2.97. The molecule has 0 radical (unpaired) electrons. The molecule has 0 amide bonds. The Hall–Kier alpha value is -0.420. The summed E-state index contributed by atoms with van der Waals surface area (Å²) in [6.45, 7) is 3.72. The minimum absolute atomic E-state index is 0.401. The lowest BCUT2D eigenvalue weighted by Crippen LogP contribution is -2.16. The second-order valence-electron chi connectivity index (χ2n) is 4.39. The number of rotatable bonds is 2. The molecule has 0 saturated carbocycles. The summed E-state index contributed by atoms with van der Waals surface area (Å²) in [5.74, 6) is 0. The van der Waals surface area contributed by atoms with Gasteiger partial charge in [0.15, 0.2) is 0 Å². The summed E-state index contributed by atoms with van der Waals surface area (Å²) < 4.78 is 40.4. The first-order valence-electron chi connectivity index (χ1n) is 5.71. The molecule has 1 atom stereocenters. The van der Waals surface area contributed by atoms with Crippen LogP contribution >= 0.6 is 23.3 Å². The lowest BCUT2D eigenvalue weighted by molar-refractivity contribution is -0.0355. The van der Waals surface area contributed by atoms with Crippen LogP contribution in [0.25, 0.3) is 6.08 Å². The van der Waals surface area contributed by atoms with Gasteiger partial charge in [0, 0.05) is 4.90 Å². The van der Waals surface area contributed by atoms with Crippen molar-refractivity contribution in [3.05, 3.63) is 34.2 Å². The van der Waals surface area contributed by atoms with E-state index in [1.807, 2.05) is 19.9 Å². The maximum Gasteiger partial charge on any atom is 0.442 e. The van der Waals surface area contributed by atoms with Crippen molar-refractivity contribution < 1.29 is 13.2 Å². The maximum atomic E-state index is 13.5. The Labute approximate surface area is 114 Å². The van der Waals surface area contributed by atoms with Crippen LogP contribution in [0.2, 0.25) is 0 Å². The van der Waals surface area contributed by atoms with Gasteiger partial charge in [0.25, 0.3) is 0 Å². The minimum Gasteiger partial charge on any atom is -0.160 e. The Morgan fingerprint density at radius 2 is 1.94 bits per heavy atom. The summed E-state index contributed by atoms with van der Waals surface area (Å²) in [4.78, 5) is 0.886. The third kappa shape index (κ3) is 2.01. The number of benzene rings is 1. The number of halogens is 4. The van der Waals surface area contributed by atoms with Crippen molar-refractivity contribution in [1.82, 2.24) is 0 Å². The number of allylic oxidation sites excluding steroid dienone is 1. The Balaban J connectivity index is 2.62. The van der Waals surface area contributed by atoms with E-state index in [9.17, 15) is 13.2 Å². The molecule has 1 aromatic rings. The molecule has 1 unspecified atom stereocenters. The summed E-state index contributed by atoms with van der Waals surface area (Å²) in [6, 6.07) is 5.29. The fraction of sp³-hybridized carbons (Fsp3) is 0.385. The molecule has 100 valence electrons. The molecule has 0 spiro atoms. The highest BCUT2D eigenvalue weighted by atomic mass is 79.9. The fourth-order valence-corrected chi connectivity index (χ4v) is 6.14. The molecule has 0 bridgehead atoms. The zero-order valence-corrected chi connectivity index (χ0v) is 12.5. The highest BCUT2D eigenvalue weighted by Crippen LogP contribution is 2.81. The second kappa shape index (κ2) is 4.60. The SMILES string of the molecule is CCCC1=Cc2ccc(C)cc2S1(Br)C(F)(F)F. The van der Waals surface area contributed by atoms with Gasteiger partial charge in [-0.3, -0.25) is 0 Å². The van der Waals surface area contributed by atoms with Crippen molar-refractivity contribution in [3.8, 4) is 0 Å².